The number of alkyl halides is 6. The van der Waals surface area contributed by atoms with Crippen LogP contribution in [0.4, 0.5) is 40.8 Å². The molecular weight excluding hydrogens is 486 g/mol. The fraction of sp³-hybridized carbons (Fsp3) is 0.217. The lowest BCUT2D eigenvalue weighted by molar-refractivity contribution is -0.338. The van der Waals surface area contributed by atoms with Crippen LogP contribution < -0.4 is 5.01 Å². The fourth-order valence-electron chi connectivity index (χ4n) is 3.78. The second-order valence-electron chi connectivity index (χ2n) is 7.75. The van der Waals surface area contributed by atoms with Crippen molar-refractivity contribution in [2.75, 3.05) is 5.01 Å². The monoisotopic (exact) mass is 501 g/mol. The Morgan fingerprint density at radius 1 is 0.857 bits per heavy atom. The van der Waals surface area contributed by atoms with Crippen LogP contribution in [0.25, 0.3) is 11.3 Å². The van der Waals surface area contributed by atoms with Gasteiger partial charge in [0.1, 0.15) is 5.82 Å². The number of pyridine rings is 1. The number of benzene rings is 2. The summed E-state index contributed by atoms with van der Waals surface area (Å²) in [7, 11) is 0. The summed E-state index contributed by atoms with van der Waals surface area (Å²) < 4.78 is 109. The van der Waals surface area contributed by atoms with Gasteiger partial charge >= 0.3 is 12.4 Å². The highest BCUT2D eigenvalue weighted by molar-refractivity contribution is 5.97. The maximum absolute atomic E-state index is 14.5. The van der Waals surface area contributed by atoms with Gasteiger partial charge < -0.3 is 5.11 Å². The largest absolute Gasteiger partial charge is 0.431 e. The summed E-state index contributed by atoms with van der Waals surface area (Å²) in [5.41, 5.74) is -6.15. The fourth-order valence-corrected chi connectivity index (χ4v) is 3.78. The van der Waals surface area contributed by atoms with E-state index < -0.39 is 53.4 Å². The molecule has 0 spiro atoms. The lowest BCUT2D eigenvalue weighted by Gasteiger charge is -2.32. The average molecular weight is 501 g/mol. The van der Waals surface area contributed by atoms with Crippen LogP contribution in [0.5, 0.6) is 0 Å². The van der Waals surface area contributed by atoms with E-state index in [0.717, 1.165) is 12.1 Å². The van der Waals surface area contributed by atoms with Crippen LogP contribution in [-0.2, 0) is 0 Å². The number of hydrazone groups is 1. The molecule has 0 aliphatic carbocycles. The highest BCUT2D eigenvalue weighted by Gasteiger charge is 2.74. The predicted molar refractivity (Wildman–Crippen MR) is 110 cm³/mol. The molecule has 35 heavy (non-hydrogen) atoms. The van der Waals surface area contributed by atoms with E-state index in [1.807, 2.05) is 0 Å². The molecule has 12 heteroatoms. The number of anilines is 1. The van der Waals surface area contributed by atoms with Gasteiger partial charge in [-0.25, -0.2) is 8.78 Å². The Kier molecular flexibility index (Phi) is 6.04. The van der Waals surface area contributed by atoms with Crippen molar-refractivity contribution < 1.29 is 40.2 Å². The average Bonchev–Trinajstić information content (AvgIpc) is 3.23. The van der Waals surface area contributed by atoms with Crippen LogP contribution in [-0.4, -0.2) is 33.8 Å². The first kappa shape index (κ1) is 24.6. The minimum Gasteiger partial charge on any atom is -0.369 e. The number of hydrogen-bond acceptors (Lipinski definition) is 4. The summed E-state index contributed by atoms with van der Waals surface area (Å²) in [6, 6.07) is 11.7. The molecule has 184 valence electrons. The minimum absolute atomic E-state index is 0.179. The molecule has 0 radical (unpaired) electrons. The highest BCUT2D eigenvalue weighted by Crippen LogP contribution is 2.49. The van der Waals surface area contributed by atoms with Crippen LogP contribution in [0.15, 0.2) is 72.0 Å². The van der Waals surface area contributed by atoms with Gasteiger partial charge in [0, 0.05) is 24.2 Å². The smallest absolute Gasteiger partial charge is 0.369 e. The molecule has 0 saturated heterocycles. The minimum atomic E-state index is -6.16. The van der Waals surface area contributed by atoms with Gasteiger partial charge in [-0.2, -0.15) is 31.4 Å². The van der Waals surface area contributed by atoms with E-state index in [2.05, 4.69) is 10.1 Å². The van der Waals surface area contributed by atoms with E-state index >= 15 is 0 Å². The molecule has 0 fully saturated rings. The molecule has 1 N–H and O–H groups in total. The first-order chi connectivity index (χ1) is 16.3. The first-order valence-corrected chi connectivity index (χ1v) is 10.0. The van der Waals surface area contributed by atoms with E-state index in [1.165, 1.54) is 30.5 Å². The standard InChI is InChI=1S/C23H15F8N3O/c24-15-8-9-18(16(25)11-15)34-19(12-20(33-34)21(35,22(26,27)28)23(29,30)31)14-6-4-13(5-7-14)17-3-1-2-10-32-17/h1-11,19,35H,12H2. The Morgan fingerprint density at radius 2 is 1.51 bits per heavy atom. The van der Waals surface area contributed by atoms with Gasteiger partial charge in [0.25, 0.3) is 5.60 Å². The number of rotatable bonds is 4. The van der Waals surface area contributed by atoms with E-state index in [1.54, 1.807) is 18.2 Å². The van der Waals surface area contributed by atoms with Gasteiger partial charge in [0.2, 0.25) is 0 Å². The van der Waals surface area contributed by atoms with Crippen LogP contribution in [0.2, 0.25) is 0 Å². The number of aromatic nitrogens is 1. The Morgan fingerprint density at radius 3 is 2.06 bits per heavy atom. The maximum Gasteiger partial charge on any atom is 0.431 e. The zero-order chi connectivity index (χ0) is 25.6. The van der Waals surface area contributed by atoms with Gasteiger partial charge in [-0.3, -0.25) is 9.99 Å². The molecule has 1 aliphatic rings. The second-order valence-corrected chi connectivity index (χ2v) is 7.75. The van der Waals surface area contributed by atoms with Crippen LogP contribution in [0.3, 0.4) is 0 Å². The van der Waals surface area contributed by atoms with Gasteiger partial charge in [-0.05, 0) is 29.8 Å². The molecule has 1 atom stereocenters. The van der Waals surface area contributed by atoms with Gasteiger partial charge in [-0.1, -0.05) is 30.3 Å². The van der Waals surface area contributed by atoms with Crippen molar-refractivity contribution in [1.82, 2.24) is 4.98 Å². The van der Waals surface area contributed by atoms with Gasteiger partial charge in [-0.15, -0.1) is 0 Å². The van der Waals surface area contributed by atoms with Crippen molar-refractivity contribution in [2.24, 2.45) is 5.10 Å². The first-order valence-electron chi connectivity index (χ1n) is 10.0. The van der Waals surface area contributed by atoms with Crippen molar-refractivity contribution in [3.8, 4) is 11.3 Å². The third-order valence-electron chi connectivity index (χ3n) is 5.56. The van der Waals surface area contributed by atoms with Crippen molar-refractivity contribution >= 4 is 11.4 Å². The zero-order valence-electron chi connectivity index (χ0n) is 17.4. The van der Waals surface area contributed by atoms with Gasteiger partial charge in [0.05, 0.1) is 23.1 Å². The molecule has 0 amide bonds. The van der Waals surface area contributed by atoms with E-state index in [9.17, 15) is 40.2 Å². The molecule has 3 aromatic rings. The van der Waals surface area contributed by atoms with Crippen molar-refractivity contribution in [3.05, 3.63) is 84.1 Å². The summed E-state index contributed by atoms with van der Waals surface area (Å²) in [5, 5.41) is 13.8. The van der Waals surface area contributed by atoms with E-state index in [0.29, 0.717) is 22.3 Å². The maximum atomic E-state index is 14.5. The Labute approximate surface area is 193 Å². The molecule has 4 nitrogen and oxygen atoms in total. The summed E-state index contributed by atoms with van der Waals surface area (Å²) in [5.74, 6) is -2.26. The predicted octanol–water partition coefficient (Wildman–Crippen LogP) is 6.19. The molecule has 0 bridgehead atoms. The van der Waals surface area contributed by atoms with Crippen LogP contribution in [0.1, 0.15) is 18.0 Å². The molecule has 2 heterocycles. The molecule has 1 aromatic heterocycles. The summed E-state index contributed by atoms with van der Waals surface area (Å²) >= 11 is 0. The van der Waals surface area contributed by atoms with Crippen LogP contribution >= 0.6 is 0 Å². The Hall–Kier alpha value is -3.54. The van der Waals surface area contributed by atoms with Crippen molar-refractivity contribution in [1.29, 1.82) is 0 Å². The molecule has 1 aliphatic heterocycles. The van der Waals surface area contributed by atoms with Crippen molar-refractivity contribution in [3.63, 3.8) is 0 Å². The molecule has 4 rings (SSSR count). The number of hydrogen-bond donors (Lipinski definition) is 1. The highest BCUT2D eigenvalue weighted by atomic mass is 19.4. The summed E-state index contributed by atoms with van der Waals surface area (Å²) in [6.07, 6.45) is -11.8. The molecule has 2 aromatic carbocycles. The molecular formula is C23H15F8N3O. The topological polar surface area (TPSA) is 48.7 Å². The molecule has 1 unspecified atom stereocenters. The SMILES string of the molecule is OC(C1=NN(c2ccc(F)cc2F)C(c2ccc(-c3ccccn3)cc2)C1)(C(F)(F)F)C(F)(F)F. The van der Waals surface area contributed by atoms with E-state index in [-0.39, 0.29) is 5.56 Å². The third kappa shape index (κ3) is 4.33. The Bertz CT molecular complexity index is 1230. The third-order valence-corrected chi connectivity index (χ3v) is 5.56. The number of aliphatic hydroxyl groups is 1. The van der Waals surface area contributed by atoms with Crippen molar-refractivity contribution in [2.45, 2.75) is 30.4 Å². The normalized spacial score (nSPS) is 17.0. The Balaban J connectivity index is 1.81. The zero-order valence-corrected chi connectivity index (χ0v) is 17.4. The van der Waals surface area contributed by atoms with Crippen LogP contribution in [0, 0.1) is 11.6 Å². The second kappa shape index (κ2) is 8.59. The summed E-state index contributed by atoms with van der Waals surface area (Å²) in [4.78, 5) is 4.16. The van der Waals surface area contributed by atoms with E-state index in [4.69, 9.17) is 0 Å². The lowest BCUT2D eigenvalue weighted by Crippen LogP contribution is -2.62. The molecule has 0 saturated carbocycles. The van der Waals surface area contributed by atoms with Gasteiger partial charge in [0.15, 0.2) is 5.82 Å². The lowest BCUT2D eigenvalue weighted by atomic mass is 9.89. The summed E-state index contributed by atoms with van der Waals surface area (Å²) in [6.45, 7) is 0. The number of halogens is 8. The quantitative estimate of drug-likeness (QED) is 0.434. The number of nitrogens with zero attached hydrogens (tertiary/aromatic N) is 3.